The van der Waals surface area contributed by atoms with Crippen LogP contribution in [-0.2, 0) is 12.8 Å². The van der Waals surface area contributed by atoms with Gasteiger partial charge in [-0.05, 0) is 30.2 Å². The number of ketones is 1. The fraction of sp³-hybridized carbons (Fsp3) is 0.267. The lowest BCUT2D eigenvalue weighted by atomic mass is 10.0. The SMILES string of the molecule is Cc1cnc(C(=O)Cc2cc(Br)cc3c2OCC3)nc1. The van der Waals surface area contributed by atoms with E-state index in [1.165, 1.54) is 0 Å². The molecule has 2 aromatic rings. The Kier molecular flexibility index (Phi) is 3.53. The highest BCUT2D eigenvalue weighted by Crippen LogP contribution is 2.33. The fourth-order valence-electron chi connectivity index (χ4n) is 2.27. The molecule has 0 saturated carbocycles. The Morgan fingerprint density at radius 1 is 1.35 bits per heavy atom. The maximum absolute atomic E-state index is 12.2. The van der Waals surface area contributed by atoms with Gasteiger partial charge < -0.3 is 4.74 Å². The van der Waals surface area contributed by atoms with Crippen molar-refractivity contribution in [3.8, 4) is 5.75 Å². The molecule has 102 valence electrons. The monoisotopic (exact) mass is 332 g/mol. The smallest absolute Gasteiger partial charge is 0.204 e. The van der Waals surface area contributed by atoms with Crippen molar-refractivity contribution in [2.45, 2.75) is 19.8 Å². The quantitative estimate of drug-likeness (QED) is 0.811. The predicted molar refractivity (Wildman–Crippen MR) is 78.1 cm³/mol. The van der Waals surface area contributed by atoms with Gasteiger partial charge in [0, 0.05) is 35.3 Å². The van der Waals surface area contributed by atoms with Crippen LogP contribution in [0.2, 0.25) is 0 Å². The zero-order valence-electron chi connectivity index (χ0n) is 11.0. The molecule has 0 radical (unpaired) electrons. The number of aryl methyl sites for hydroxylation is 1. The number of benzene rings is 1. The van der Waals surface area contributed by atoms with Gasteiger partial charge in [-0.3, -0.25) is 4.79 Å². The van der Waals surface area contributed by atoms with Crippen LogP contribution < -0.4 is 4.74 Å². The molecule has 0 spiro atoms. The van der Waals surface area contributed by atoms with Crippen LogP contribution in [0.1, 0.15) is 27.3 Å². The van der Waals surface area contributed by atoms with Gasteiger partial charge in [-0.2, -0.15) is 0 Å². The minimum Gasteiger partial charge on any atom is -0.493 e. The summed E-state index contributed by atoms with van der Waals surface area (Å²) in [7, 11) is 0. The highest BCUT2D eigenvalue weighted by Gasteiger charge is 2.20. The first-order valence-corrected chi connectivity index (χ1v) is 7.19. The van der Waals surface area contributed by atoms with Crippen LogP contribution in [-0.4, -0.2) is 22.4 Å². The van der Waals surface area contributed by atoms with Crippen molar-refractivity contribution in [1.29, 1.82) is 0 Å². The van der Waals surface area contributed by atoms with Gasteiger partial charge in [0.2, 0.25) is 5.78 Å². The van der Waals surface area contributed by atoms with Crippen molar-refractivity contribution in [2.75, 3.05) is 6.61 Å². The van der Waals surface area contributed by atoms with Crippen molar-refractivity contribution in [2.24, 2.45) is 0 Å². The molecule has 1 aromatic heterocycles. The lowest BCUT2D eigenvalue weighted by Gasteiger charge is -2.08. The predicted octanol–water partition coefficient (Wildman–Crippen LogP) is 2.91. The number of halogens is 1. The Bertz CT molecular complexity index is 668. The summed E-state index contributed by atoms with van der Waals surface area (Å²) in [4.78, 5) is 20.4. The topological polar surface area (TPSA) is 52.1 Å². The number of carbonyl (C=O) groups excluding carboxylic acids is 1. The standard InChI is InChI=1S/C15H13BrN2O2/c1-9-7-17-15(18-8-9)13(19)6-11-5-12(16)4-10-2-3-20-14(10)11/h4-5,7-8H,2-3,6H2,1H3. The summed E-state index contributed by atoms with van der Waals surface area (Å²) in [5.74, 6) is 0.997. The third kappa shape index (κ3) is 2.58. The van der Waals surface area contributed by atoms with Crippen molar-refractivity contribution >= 4 is 21.7 Å². The van der Waals surface area contributed by atoms with E-state index in [1.54, 1.807) is 12.4 Å². The summed E-state index contributed by atoms with van der Waals surface area (Å²) in [5.41, 5.74) is 2.97. The first-order chi connectivity index (χ1) is 9.63. The molecule has 1 aliphatic heterocycles. The molecule has 1 aromatic carbocycles. The van der Waals surface area contributed by atoms with E-state index in [-0.39, 0.29) is 18.0 Å². The molecule has 0 bridgehead atoms. The number of Topliss-reactive ketones (excluding diaryl/α,β-unsaturated/α-hetero) is 1. The van der Waals surface area contributed by atoms with Gasteiger partial charge in [-0.25, -0.2) is 9.97 Å². The average molecular weight is 333 g/mol. The van der Waals surface area contributed by atoms with Gasteiger partial charge in [-0.15, -0.1) is 0 Å². The molecular formula is C15H13BrN2O2. The van der Waals surface area contributed by atoms with Crippen molar-refractivity contribution in [3.63, 3.8) is 0 Å². The molecule has 2 heterocycles. The van der Waals surface area contributed by atoms with Crippen LogP contribution in [0.25, 0.3) is 0 Å². The van der Waals surface area contributed by atoms with E-state index in [4.69, 9.17) is 4.74 Å². The molecule has 1 aliphatic rings. The van der Waals surface area contributed by atoms with Crippen molar-refractivity contribution < 1.29 is 9.53 Å². The molecule has 0 atom stereocenters. The molecule has 0 N–H and O–H groups in total. The number of hydrogen-bond acceptors (Lipinski definition) is 4. The van der Waals surface area contributed by atoms with Crippen LogP contribution in [0.4, 0.5) is 0 Å². The molecular weight excluding hydrogens is 320 g/mol. The van der Waals surface area contributed by atoms with E-state index in [0.29, 0.717) is 6.61 Å². The third-order valence-electron chi connectivity index (χ3n) is 3.21. The molecule has 0 unspecified atom stereocenters. The fourth-order valence-corrected chi connectivity index (χ4v) is 2.82. The number of carbonyl (C=O) groups is 1. The highest BCUT2D eigenvalue weighted by atomic mass is 79.9. The normalized spacial score (nSPS) is 12.9. The van der Waals surface area contributed by atoms with Crippen LogP contribution in [0, 0.1) is 6.92 Å². The van der Waals surface area contributed by atoms with Gasteiger partial charge in [0.05, 0.1) is 6.61 Å². The molecule has 3 rings (SSSR count). The van der Waals surface area contributed by atoms with E-state index in [2.05, 4.69) is 25.9 Å². The molecule has 5 heteroatoms. The Morgan fingerprint density at radius 3 is 2.85 bits per heavy atom. The highest BCUT2D eigenvalue weighted by molar-refractivity contribution is 9.10. The first kappa shape index (κ1) is 13.2. The van der Waals surface area contributed by atoms with Gasteiger partial charge >= 0.3 is 0 Å². The Hall–Kier alpha value is -1.75. The van der Waals surface area contributed by atoms with E-state index in [9.17, 15) is 4.79 Å². The molecule has 0 aliphatic carbocycles. The number of fused-ring (bicyclic) bond motifs is 1. The lowest BCUT2D eigenvalue weighted by molar-refractivity contribution is 0.0982. The number of ether oxygens (including phenoxy) is 1. The van der Waals surface area contributed by atoms with E-state index < -0.39 is 0 Å². The summed E-state index contributed by atoms with van der Waals surface area (Å²) < 4.78 is 6.59. The molecule has 0 fully saturated rings. The Balaban J connectivity index is 1.88. The number of nitrogens with zero attached hydrogens (tertiary/aromatic N) is 2. The zero-order chi connectivity index (χ0) is 14.1. The molecule has 4 nitrogen and oxygen atoms in total. The molecule has 0 amide bonds. The van der Waals surface area contributed by atoms with Crippen LogP contribution in [0.3, 0.4) is 0 Å². The van der Waals surface area contributed by atoms with Crippen LogP contribution in [0.5, 0.6) is 5.75 Å². The minimum atomic E-state index is -0.0965. The van der Waals surface area contributed by atoms with Gasteiger partial charge in [-0.1, -0.05) is 15.9 Å². The summed E-state index contributed by atoms with van der Waals surface area (Å²) in [6, 6.07) is 3.97. The van der Waals surface area contributed by atoms with Gasteiger partial charge in [0.15, 0.2) is 5.82 Å². The average Bonchev–Trinajstić information content (AvgIpc) is 2.87. The van der Waals surface area contributed by atoms with E-state index in [0.717, 1.165) is 33.3 Å². The van der Waals surface area contributed by atoms with Gasteiger partial charge in [0.25, 0.3) is 0 Å². The van der Waals surface area contributed by atoms with Crippen molar-refractivity contribution in [3.05, 3.63) is 51.5 Å². The Morgan fingerprint density at radius 2 is 2.10 bits per heavy atom. The van der Waals surface area contributed by atoms with Crippen LogP contribution >= 0.6 is 15.9 Å². The summed E-state index contributed by atoms with van der Waals surface area (Å²) in [6.45, 7) is 2.57. The summed E-state index contributed by atoms with van der Waals surface area (Å²) in [6.07, 6.45) is 4.45. The summed E-state index contributed by atoms with van der Waals surface area (Å²) >= 11 is 3.47. The summed E-state index contributed by atoms with van der Waals surface area (Å²) in [5, 5.41) is 0. The number of aromatic nitrogens is 2. The largest absolute Gasteiger partial charge is 0.493 e. The Labute approximate surface area is 125 Å². The van der Waals surface area contributed by atoms with Crippen LogP contribution in [0.15, 0.2) is 29.0 Å². The minimum absolute atomic E-state index is 0.0965. The zero-order valence-corrected chi connectivity index (χ0v) is 12.6. The maximum Gasteiger partial charge on any atom is 0.204 e. The third-order valence-corrected chi connectivity index (χ3v) is 3.66. The lowest BCUT2D eigenvalue weighted by Crippen LogP contribution is -2.09. The maximum atomic E-state index is 12.2. The van der Waals surface area contributed by atoms with E-state index in [1.807, 2.05) is 19.1 Å². The molecule has 20 heavy (non-hydrogen) atoms. The second kappa shape index (κ2) is 5.32. The first-order valence-electron chi connectivity index (χ1n) is 6.39. The number of hydrogen-bond donors (Lipinski definition) is 0. The van der Waals surface area contributed by atoms with E-state index >= 15 is 0 Å². The molecule has 0 saturated heterocycles. The second-order valence-corrected chi connectivity index (χ2v) is 5.75. The van der Waals surface area contributed by atoms with Gasteiger partial charge in [0.1, 0.15) is 5.75 Å². The van der Waals surface area contributed by atoms with Crippen molar-refractivity contribution in [1.82, 2.24) is 9.97 Å². The number of rotatable bonds is 3. The second-order valence-electron chi connectivity index (χ2n) is 4.84.